The molecular formula is C10H19F3N2. The normalized spacial score (nSPS) is 24.0. The third kappa shape index (κ3) is 3.08. The van der Waals surface area contributed by atoms with Gasteiger partial charge >= 0.3 is 6.18 Å². The van der Waals surface area contributed by atoms with E-state index in [9.17, 15) is 13.2 Å². The van der Waals surface area contributed by atoms with Crippen LogP contribution in [0.15, 0.2) is 0 Å². The Hall–Kier alpha value is -0.290. The Morgan fingerprint density at radius 3 is 2.00 bits per heavy atom. The summed E-state index contributed by atoms with van der Waals surface area (Å²) in [7, 11) is 1.52. The van der Waals surface area contributed by atoms with Crippen molar-refractivity contribution in [3.05, 3.63) is 0 Å². The van der Waals surface area contributed by atoms with Crippen molar-refractivity contribution >= 4 is 0 Å². The van der Waals surface area contributed by atoms with Gasteiger partial charge in [-0.15, -0.1) is 0 Å². The summed E-state index contributed by atoms with van der Waals surface area (Å²) in [5.41, 5.74) is 5.42. The van der Waals surface area contributed by atoms with Crippen molar-refractivity contribution < 1.29 is 13.2 Å². The fourth-order valence-corrected chi connectivity index (χ4v) is 2.06. The van der Waals surface area contributed by atoms with E-state index in [4.69, 9.17) is 5.73 Å². The minimum Gasteiger partial charge on any atom is -0.326 e. The lowest BCUT2D eigenvalue weighted by Crippen LogP contribution is -2.56. The van der Waals surface area contributed by atoms with Gasteiger partial charge in [0.2, 0.25) is 0 Å². The first-order chi connectivity index (χ1) is 6.75. The van der Waals surface area contributed by atoms with E-state index >= 15 is 0 Å². The van der Waals surface area contributed by atoms with E-state index in [1.54, 1.807) is 0 Å². The molecule has 0 bridgehead atoms. The standard InChI is InChI=1S/C10H19F3N2/c1-6(14)9(10(11,12)13)15(3)7(2)8-4-5-8/h6-9H,4-5,14H2,1-3H3. The molecule has 5 heteroatoms. The summed E-state index contributed by atoms with van der Waals surface area (Å²) in [6.45, 7) is 3.26. The summed E-state index contributed by atoms with van der Waals surface area (Å²) in [6, 6.07) is -2.47. The van der Waals surface area contributed by atoms with Crippen LogP contribution in [-0.2, 0) is 0 Å². The average Bonchev–Trinajstić information content (AvgIpc) is 2.81. The molecule has 2 nitrogen and oxygen atoms in total. The smallest absolute Gasteiger partial charge is 0.326 e. The van der Waals surface area contributed by atoms with Gasteiger partial charge in [0.05, 0.1) is 0 Å². The van der Waals surface area contributed by atoms with Gasteiger partial charge in [-0.1, -0.05) is 0 Å². The van der Waals surface area contributed by atoms with Gasteiger partial charge < -0.3 is 5.73 Å². The van der Waals surface area contributed by atoms with Crippen molar-refractivity contribution in [1.29, 1.82) is 0 Å². The van der Waals surface area contributed by atoms with Crippen LogP contribution in [0.25, 0.3) is 0 Å². The maximum absolute atomic E-state index is 12.7. The molecule has 0 aromatic carbocycles. The number of hydrogen-bond donors (Lipinski definition) is 1. The summed E-state index contributed by atoms with van der Waals surface area (Å²) in [6.07, 6.45) is -2.17. The molecule has 0 aromatic heterocycles. The Labute approximate surface area is 88.6 Å². The van der Waals surface area contributed by atoms with Crippen LogP contribution in [0.2, 0.25) is 0 Å². The lowest BCUT2D eigenvalue weighted by Gasteiger charge is -2.36. The molecule has 0 aliphatic heterocycles. The Morgan fingerprint density at radius 2 is 1.73 bits per heavy atom. The van der Waals surface area contributed by atoms with Crippen molar-refractivity contribution in [2.45, 2.75) is 51.0 Å². The summed E-state index contributed by atoms with van der Waals surface area (Å²) in [5.74, 6) is 0.415. The monoisotopic (exact) mass is 224 g/mol. The van der Waals surface area contributed by atoms with Crippen molar-refractivity contribution in [1.82, 2.24) is 4.90 Å². The predicted octanol–water partition coefficient (Wildman–Crippen LogP) is 1.99. The second kappa shape index (κ2) is 4.29. The van der Waals surface area contributed by atoms with Crippen LogP contribution in [0.4, 0.5) is 13.2 Å². The highest BCUT2D eigenvalue weighted by Gasteiger charge is 2.47. The Kier molecular flexibility index (Phi) is 3.66. The molecule has 1 rings (SSSR count). The fourth-order valence-electron chi connectivity index (χ4n) is 2.06. The van der Waals surface area contributed by atoms with Crippen LogP contribution < -0.4 is 5.73 Å². The number of nitrogens with two attached hydrogens (primary N) is 1. The molecule has 0 amide bonds. The van der Waals surface area contributed by atoms with Crippen molar-refractivity contribution in [2.75, 3.05) is 7.05 Å². The molecule has 1 aliphatic rings. The molecule has 15 heavy (non-hydrogen) atoms. The van der Waals surface area contributed by atoms with Gasteiger partial charge in [0, 0.05) is 12.1 Å². The van der Waals surface area contributed by atoms with E-state index in [1.165, 1.54) is 18.9 Å². The predicted molar refractivity (Wildman–Crippen MR) is 53.4 cm³/mol. The topological polar surface area (TPSA) is 29.3 Å². The Bertz CT molecular complexity index is 211. The first-order valence-electron chi connectivity index (χ1n) is 5.29. The molecule has 0 saturated heterocycles. The van der Waals surface area contributed by atoms with E-state index < -0.39 is 18.3 Å². The number of alkyl halides is 3. The number of rotatable bonds is 4. The highest BCUT2D eigenvalue weighted by molar-refractivity contribution is 4.92. The number of nitrogens with zero attached hydrogens (tertiary/aromatic N) is 1. The molecule has 1 fully saturated rings. The van der Waals surface area contributed by atoms with Gasteiger partial charge in [-0.25, -0.2) is 0 Å². The van der Waals surface area contributed by atoms with Gasteiger partial charge in [-0.3, -0.25) is 4.90 Å². The largest absolute Gasteiger partial charge is 0.405 e. The third-order valence-corrected chi connectivity index (χ3v) is 3.22. The lowest BCUT2D eigenvalue weighted by molar-refractivity contribution is -0.190. The Balaban J connectivity index is 2.70. The van der Waals surface area contributed by atoms with E-state index in [0.717, 1.165) is 12.8 Å². The van der Waals surface area contributed by atoms with Crippen molar-refractivity contribution in [3.63, 3.8) is 0 Å². The highest BCUT2D eigenvalue weighted by Crippen LogP contribution is 2.37. The highest BCUT2D eigenvalue weighted by atomic mass is 19.4. The fraction of sp³-hybridized carbons (Fsp3) is 1.00. The first-order valence-corrected chi connectivity index (χ1v) is 5.29. The van der Waals surface area contributed by atoms with E-state index in [1.807, 2.05) is 6.92 Å². The van der Waals surface area contributed by atoms with Gasteiger partial charge in [-0.05, 0) is 39.7 Å². The van der Waals surface area contributed by atoms with Crippen molar-refractivity contribution in [3.8, 4) is 0 Å². The van der Waals surface area contributed by atoms with Crippen molar-refractivity contribution in [2.24, 2.45) is 11.7 Å². The molecular weight excluding hydrogens is 205 g/mol. The molecule has 1 aliphatic carbocycles. The number of halogens is 3. The lowest BCUT2D eigenvalue weighted by atomic mass is 10.1. The molecule has 2 N–H and O–H groups in total. The summed E-state index contributed by atoms with van der Waals surface area (Å²) in [4.78, 5) is 1.38. The maximum atomic E-state index is 12.7. The third-order valence-electron chi connectivity index (χ3n) is 3.22. The van der Waals surface area contributed by atoms with E-state index in [-0.39, 0.29) is 6.04 Å². The molecule has 0 spiro atoms. The summed E-state index contributed by atoms with van der Waals surface area (Å²) in [5, 5.41) is 0. The maximum Gasteiger partial charge on any atom is 0.405 e. The second-order valence-corrected chi connectivity index (χ2v) is 4.59. The summed E-state index contributed by atoms with van der Waals surface area (Å²) < 4.78 is 38.2. The van der Waals surface area contributed by atoms with E-state index in [0.29, 0.717) is 5.92 Å². The molecule has 3 unspecified atom stereocenters. The Morgan fingerprint density at radius 1 is 1.27 bits per heavy atom. The van der Waals surface area contributed by atoms with Gasteiger partial charge in [0.1, 0.15) is 6.04 Å². The summed E-state index contributed by atoms with van der Waals surface area (Å²) >= 11 is 0. The number of hydrogen-bond acceptors (Lipinski definition) is 2. The zero-order valence-corrected chi connectivity index (χ0v) is 9.38. The molecule has 0 heterocycles. The molecule has 0 radical (unpaired) electrons. The van der Waals surface area contributed by atoms with Gasteiger partial charge in [0.15, 0.2) is 0 Å². The zero-order valence-electron chi connectivity index (χ0n) is 9.38. The van der Waals surface area contributed by atoms with E-state index in [2.05, 4.69) is 0 Å². The average molecular weight is 224 g/mol. The van der Waals surface area contributed by atoms with Gasteiger partial charge in [0.25, 0.3) is 0 Å². The first kappa shape index (κ1) is 12.8. The molecule has 3 atom stereocenters. The number of likely N-dealkylation sites (N-methyl/N-ethyl adjacent to an activating group) is 1. The van der Waals surface area contributed by atoms with Crippen LogP contribution in [0.3, 0.4) is 0 Å². The van der Waals surface area contributed by atoms with Crippen LogP contribution in [0.5, 0.6) is 0 Å². The van der Waals surface area contributed by atoms with Crippen LogP contribution >= 0.6 is 0 Å². The SMILES string of the molecule is CC(N)C(N(C)C(C)C1CC1)C(F)(F)F. The molecule has 1 saturated carbocycles. The van der Waals surface area contributed by atoms with Crippen LogP contribution in [-0.4, -0.2) is 36.2 Å². The second-order valence-electron chi connectivity index (χ2n) is 4.59. The van der Waals surface area contributed by atoms with Crippen LogP contribution in [0, 0.1) is 5.92 Å². The zero-order chi connectivity index (χ0) is 11.8. The molecule has 90 valence electrons. The quantitative estimate of drug-likeness (QED) is 0.791. The van der Waals surface area contributed by atoms with Gasteiger partial charge in [-0.2, -0.15) is 13.2 Å². The molecule has 0 aromatic rings. The minimum absolute atomic E-state index is 0.0392. The minimum atomic E-state index is -4.24. The van der Waals surface area contributed by atoms with Crippen LogP contribution in [0.1, 0.15) is 26.7 Å².